The Morgan fingerprint density at radius 1 is 1.25 bits per heavy atom. The highest BCUT2D eigenvalue weighted by Gasteiger charge is 2.31. The molecule has 0 spiro atoms. The number of aromatic nitrogens is 2. The van der Waals surface area contributed by atoms with Crippen LogP contribution in [0, 0.1) is 11.7 Å². The van der Waals surface area contributed by atoms with Gasteiger partial charge in [-0.25, -0.2) is 14.4 Å². The Labute approximate surface area is 194 Å². The molecular formula is C23H24FN3O3S2. The van der Waals surface area contributed by atoms with Crippen LogP contribution in [0.3, 0.4) is 0 Å². The summed E-state index contributed by atoms with van der Waals surface area (Å²) in [5.74, 6) is -0.559. The lowest BCUT2D eigenvalue weighted by Gasteiger charge is -2.32. The smallest absolute Gasteiger partial charge is 0.309 e. The summed E-state index contributed by atoms with van der Waals surface area (Å²) in [7, 11) is 0. The number of amides is 1. The number of carbonyl (C=O) groups excluding carboxylic acids is 2. The van der Waals surface area contributed by atoms with E-state index in [1.165, 1.54) is 41.6 Å². The highest BCUT2D eigenvalue weighted by Crippen LogP contribution is 2.39. The molecule has 0 saturated carbocycles. The van der Waals surface area contributed by atoms with Gasteiger partial charge in [0.2, 0.25) is 5.91 Å². The average Bonchev–Trinajstić information content (AvgIpc) is 3.24. The van der Waals surface area contributed by atoms with E-state index >= 15 is 0 Å². The van der Waals surface area contributed by atoms with Gasteiger partial charge >= 0.3 is 5.97 Å². The van der Waals surface area contributed by atoms with Crippen molar-refractivity contribution in [1.82, 2.24) is 14.9 Å². The van der Waals surface area contributed by atoms with Gasteiger partial charge in [0, 0.05) is 24.0 Å². The first-order chi connectivity index (χ1) is 15.5. The molecule has 1 aliphatic heterocycles. The number of thioether (sulfide) groups is 1. The molecule has 1 unspecified atom stereocenters. The Balaban J connectivity index is 1.49. The van der Waals surface area contributed by atoms with Crippen LogP contribution in [0.4, 0.5) is 4.39 Å². The van der Waals surface area contributed by atoms with E-state index in [0.29, 0.717) is 32.5 Å². The molecule has 9 heteroatoms. The average molecular weight is 474 g/mol. The van der Waals surface area contributed by atoms with Crippen molar-refractivity contribution < 1.29 is 18.7 Å². The SMILES string of the molecule is CCOC(=O)C1CCN(C(=O)C(C)Sc2ncnc3scc(-c4ccc(F)cc4)c23)CC1. The van der Waals surface area contributed by atoms with E-state index in [9.17, 15) is 14.0 Å². The fourth-order valence-electron chi connectivity index (χ4n) is 3.85. The predicted molar refractivity (Wildman–Crippen MR) is 124 cm³/mol. The first-order valence-corrected chi connectivity index (χ1v) is 12.3. The third-order valence-electron chi connectivity index (χ3n) is 5.55. The maximum absolute atomic E-state index is 13.4. The minimum Gasteiger partial charge on any atom is -0.466 e. The highest BCUT2D eigenvalue weighted by molar-refractivity contribution is 8.00. The number of ether oxygens (including phenoxy) is 1. The predicted octanol–water partition coefficient (Wildman–Crippen LogP) is 4.78. The molecule has 1 atom stereocenters. The largest absolute Gasteiger partial charge is 0.466 e. The van der Waals surface area contributed by atoms with Crippen LogP contribution in [0.2, 0.25) is 0 Å². The normalized spacial score (nSPS) is 15.7. The van der Waals surface area contributed by atoms with Gasteiger partial charge in [0.15, 0.2) is 0 Å². The summed E-state index contributed by atoms with van der Waals surface area (Å²) < 4.78 is 18.5. The zero-order valence-electron chi connectivity index (χ0n) is 17.9. The Morgan fingerprint density at radius 2 is 1.97 bits per heavy atom. The molecule has 1 amide bonds. The Hall–Kier alpha value is -2.52. The van der Waals surface area contributed by atoms with E-state index in [4.69, 9.17) is 4.74 Å². The molecule has 1 saturated heterocycles. The van der Waals surface area contributed by atoms with Crippen LogP contribution in [0.5, 0.6) is 0 Å². The molecule has 1 aromatic carbocycles. The summed E-state index contributed by atoms with van der Waals surface area (Å²) in [6.07, 6.45) is 2.76. The van der Waals surface area contributed by atoms with E-state index < -0.39 is 0 Å². The van der Waals surface area contributed by atoms with E-state index in [-0.39, 0.29) is 28.9 Å². The first kappa shape index (κ1) is 22.7. The third kappa shape index (κ3) is 4.78. The van der Waals surface area contributed by atoms with Gasteiger partial charge in [0.25, 0.3) is 0 Å². The highest BCUT2D eigenvalue weighted by atomic mass is 32.2. The molecule has 3 aromatic rings. The number of hydrogen-bond donors (Lipinski definition) is 0. The van der Waals surface area contributed by atoms with Gasteiger partial charge in [-0.05, 0) is 44.4 Å². The number of rotatable bonds is 6. The second-order valence-electron chi connectivity index (χ2n) is 7.63. The van der Waals surface area contributed by atoms with Crippen LogP contribution in [0.1, 0.15) is 26.7 Å². The Bertz CT molecular complexity index is 1110. The molecule has 0 aliphatic carbocycles. The standard InChI is InChI=1S/C23H24FN3O3S2/c1-3-30-23(29)16-8-10-27(11-9-16)22(28)14(2)32-21-19-18(12-31-20(19)25-13-26-21)15-4-6-17(24)7-5-15/h4-7,12-14,16H,3,8-11H2,1-2H3. The van der Waals surface area contributed by atoms with Crippen LogP contribution in [-0.4, -0.2) is 51.7 Å². The molecule has 1 aliphatic rings. The van der Waals surface area contributed by atoms with Gasteiger partial charge in [-0.1, -0.05) is 23.9 Å². The molecule has 2 aromatic heterocycles. The van der Waals surface area contributed by atoms with Crippen LogP contribution in [-0.2, 0) is 14.3 Å². The number of carbonyl (C=O) groups is 2. The lowest BCUT2D eigenvalue weighted by atomic mass is 9.97. The zero-order valence-corrected chi connectivity index (χ0v) is 19.5. The number of benzene rings is 1. The maximum atomic E-state index is 13.4. The van der Waals surface area contributed by atoms with Crippen molar-refractivity contribution in [2.24, 2.45) is 5.92 Å². The fourth-order valence-corrected chi connectivity index (χ4v) is 5.85. The number of hydrogen-bond acceptors (Lipinski definition) is 7. The second kappa shape index (κ2) is 9.95. The molecule has 6 nitrogen and oxygen atoms in total. The molecule has 0 radical (unpaired) electrons. The second-order valence-corrected chi connectivity index (χ2v) is 9.81. The number of nitrogens with zero attached hydrogens (tertiary/aromatic N) is 3. The van der Waals surface area contributed by atoms with Gasteiger partial charge in [-0.3, -0.25) is 9.59 Å². The van der Waals surface area contributed by atoms with Crippen molar-refractivity contribution in [2.75, 3.05) is 19.7 Å². The van der Waals surface area contributed by atoms with Crippen molar-refractivity contribution in [3.8, 4) is 11.1 Å². The van der Waals surface area contributed by atoms with Crippen LogP contribution in [0.25, 0.3) is 21.3 Å². The minimum atomic E-state index is -0.340. The number of piperidine rings is 1. The molecular weight excluding hydrogens is 449 g/mol. The summed E-state index contributed by atoms with van der Waals surface area (Å²) in [4.78, 5) is 36.5. The van der Waals surface area contributed by atoms with Crippen molar-refractivity contribution in [3.05, 3.63) is 41.8 Å². The number of likely N-dealkylation sites (tertiary alicyclic amines) is 1. The third-order valence-corrected chi connectivity index (χ3v) is 7.53. The lowest BCUT2D eigenvalue weighted by molar-refractivity contribution is -0.151. The summed E-state index contributed by atoms with van der Waals surface area (Å²) in [5.41, 5.74) is 1.82. The molecule has 0 N–H and O–H groups in total. The van der Waals surface area contributed by atoms with Crippen molar-refractivity contribution in [3.63, 3.8) is 0 Å². The summed E-state index contributed by atoms with van der Waals surface area (Å²) in [5, 5.41) is 3.27. The van der Waals surface area contributed by atoms with Gasteiger partial charge < -0.3 is 9.64 Å². The monoisotopic (exact) mass is 473 g/mol. The van der Waals surface area contributed by atoms with E-state index in [2.05, 4.69) is 9.97 Å². The lowest BCUT2D eigenvalue weighted by Crippen LogP contribution is -2.43. The molecule has 168 valence electrons. The molecule has 0 bridgehead atoms. The number of thiophene rings is 1. The van der Waals surface area contributed by atoms with Crippen molar-refractivity contribution in [2.45, 2.75) is 37.0 Å². The topological polar surface area (TPSA) is 72.4 Å². The van der Waals surface area contributed by atoms with Crippen LogP contribution in [0.15, 0.2) is 41.0 Å². The zero-order chi connectivity index (χ0) is 22.7. The van der Waals surface area contributed by atoms with Gasteiger partial charge in [-0.2, -0.15) is 0 Å². The molecule has 4 rings (SSSR count). The maximum Gasteiger partial charge on any atom is 0.309 e. The van der Waals surface area contributed by atoms with Crippen LogP contribution >= 0.6 is 23.1 Å². The van der Waals surface area contributed by atoms with E-state index in [0.717, 1.165) is 26.4 Å². The quantitative estimate of drug-likeness (QED) is 0.291. The van der Waals surface area contributed by atoms with Crippen molar-refractivity contribution >= 4 is 45.2 Å². The fraction of sp³-hybridized carbons (Fsp3) is 0.391. The summed E-state index contributed by atoms with van der Waals surface area (Å²) in [6, 6.07) is 6.34. The molecule has 3 heterocycles. The van der Waals surface area contributed by atoms with Crippen molar-refractivity contribution in [1.29, 1.82) is 0 Å². The van der Waals surface area contributed by atoms with E-state index in [1.807, 2.05) is 17.2 Å². The van der Waals surface area contributed by atoms with Gasteiger partial charge in [0.05, 0.1) is 23.2 Å². The first-order valence-electron chi connectivity index (χ1n) is 10.6. The Kier molecular flexibility index (Phi) is 7.05. The van der Waals surface area contributed by atoms with Crippen LogP contribution < -0.4 is 0 Å². The van der Waals surface area contributed by atoms with E-state index in [1.54, 1.807) is 19.1 Å². The number of fused-ring (bicyclic) bond motifs is 1. The summed E-state index contributed by atoms with van der Waals surface area (Å²) >= 11 is 2.91. The minimum absolute atomic E-state index is 0.0302. The number of halogens is 1. The van der Waals surface area contributed by atoms with Gasteiger partial charge in [-0.15, -0.1) is 11.3 Å². The summed E-state index contributed by atoms with van der Waals surface area (Å²) in [6.45, 7) is 5.15. The van der Waals surface area contributed by atoms with Gasteiger partial charge in [0.1, 0.15) is 22.0 Å². The molecule has 1 fully saturated rings. The number of esters is 1. The molecule has 32 heavy (non-hydrogen) atoms. The Morgan fingerprint density at radius 3 is 2.66 bits per heavy atom.